The van der Waals surface area contributed by atoms with Crippen LogP contribution in [0.2, 0.25) is 5.02 Å². The van der Waals surface area contributed by atoms with Crippen molar-refractivity contribution in [1.29, 1.82) is 0 Å². The maximum atomic E-state index is 12.9. The standard InChI is InChI=1S/C19H16ClNO/c1-13-6-3-4-9-16(13)18-12-21(2)11-17(19(18)22)14-7-5-8-15(20)10-14/h3-12H,1-2H3. The van der Waals surface area contributed by atoms with Crippen molar-refractivity contribution < 1.29 is 0 Å². The zero-order valence-corrected chi connectivity index (χ0v) is 13.3. The van der Waals surface area contributed by atoms with Crippen molar-refractivity contribution in [1.82, 2.24) is 4.57 Å². The highest BCUT2D eigenvalue weighted by Crippen LogP contribution is 2.24. The zero-order chi connectivity index (χ0) is 15.7. The van der Waals surface area contributed by atoms with Gasteiger partial charge in [-0.1, -0.05) is 48.0 Å². The smallest absolute Gasteiger partial charge is 0.197 e. The summed E-state index contributed by atoms with van der Waals surface area (Å²) in [5, 5.41) is 0.626. The first-order chi connectivity index (χ1) is 10.6. The number of hydrogen-bond donors (Lipinski definition) is 0. The summed E-state index contributed by atoms with van der Waals surface area (Å²) in [4.78, 5) is 12.9. The molecule has 1 aromatic heterocycles. The maximum Gasteiger partial charge on any atom is 0.197 e. The number of nitrogens with zero attached hydrogens (tertiary/aromatic N) is 1. The van der Waals surface area contributed by atoms with E-state index in [0.29, 0.717) is 16.1 Å². The van der Waals surface area contributed by atoms with Crippen LogP contribution in [0.1, 0.15) is 5.56 Å². The maximum absolute atomic E-state index is 12.9. The highest BCUT2D eigenvalue weighted by molar-refractivity contribution is 6.30. The predicted octanol–water partition coefficient (Wildman–Crippen LogP) is 4.68. The molecule has 110 valence electrons. The molecule has 0 saturated heterocycles. The lowest BCUT2D eigenvalue weighted by Crippen LogP contribution is -2.12. The average molecular weight is 310 g/mol. The first kappa shape index (κ1) is 14.6. The first-order valence-corrected chi connectivity index (χ1v) is 7.46. The summed E-state index contributed by atoms with van der Waals surface area (Å²) in [6, 6.07) is 15.3. The van der Waals surface area contributed by atoms with Crippen LogP contribution in [0.3, 0.4) is 0 Å². The van der Waals surface area contributed by atoms with Gasteiger partial charge in [0, 0.05) is 35.6 Å². The minimum atomic E-state index is 0.0228. The van der Waals surface area contributed by atoms with E-state index in [1.165, 1.54) is 0 Å². The number of aryl methyl sites for hydroxylation is 2. The Bertz CT molecular complexity index is 896. The fourth-order valence-electron chi connectivity index (χ4n) is 2.64. The van der Waals surface area contributed by atoms with Crippen molar-refractivity contribution in [2.75, 3.05) is 0 Å². The van der Waals surface area contributed by atoms with Crippen LogP contribution < -0.4 is 5.43 Å². The van der Waals surface area contributed by atoms with Crippen LogP contribution in [0.5, 0.6) is 0 Å². The molecule has 3 rings (SSSR count). The number of pyridine rings is 1. The van der Waals surface area contributed by atoms with Gasteiger partial charge in [0.15, 0.2) is 5.43 Å². The Morgan fingerprint density at radius 1 is 0.909 bits per heavy atom. The van der Waals surface area contributed by atoms with Crippen molar-refractivity contribution in [3.05, 3.63) is 81.7 Å². The Labute approximate surface area is 134 Å². The monoisotopic (exact) mass is 309 g/mol. The fourth-order valence-corrected chi connectivity index (χ4v) is 2.83. The van der Waals surface area contributed by atoms with Gasteiger partial charge in [0.05, 0.1) is 0 Å². The molecule has 0 amide bonds. The lowest BCUT2D eigenvalue weighted by atomic mass is 9.98. The molecule has 0 aliphatic rings. The molecule has 0 bridgehead atoms. The van der Waals surface area contributed by atoms with E-state index in [0.717, 1.165) is 16.7 Å². The molecular formula is C19H16ClNO. The normalized spacial score (nSPS) is 10.7. The van der Waals surface area contributed by atoms with Gasteiger partial charge in [-0.25, -0.2) is 0 Å². The van der Waals surface area contributed by atoms with Gasteiger partial charge >= 0.3 is 0 Å². The van der Waals surface area contributed by atoms with Crippen molar-refractivity contribution in [2.24, 2.45) is 7.05 Å². The number of aromatic nitrogens is 1. The van der Waals surface area contributed by atoms with Crippen LogP contribution in [0.25, 0.3) is 22.3 Å². The summed E-state index contributed by atoms with van der Waals surface area (Å²) in [6.45, 7) is 2.01. The van der Waals surface area contributed by atoms with Crippen LogP contribution in [-0.2, 0) is 7.05 Å². The van der Waals surface area contributed by atoms with E-state index in [2.05, 4.69) is 0 Å². The van der Waals surface area contributed by atoms with Crippen LogP contribution in [0, 0.1) is 6.92 Å². The lowest BCUT2D eigenvalue weighted by Gasteiger charge is -2.11. The molecule has 0 aliphatic carbocycles. The topological polar surface area (TPSA) is 22.0 Å². The van der Waals surface area contributed by atoms with Gasteiger partial charge in [0.25, 0.3) is 0 Å². The predicted molar refractivity (Wildman–Crippen MR) is 92.3 cm³/mol. The van der Waals surface area contributed by atoms with E-state index in [9.17, 15) is 4.79 Å². The van der Waals surface area contributed by atoms with Gasteiger partial charge in [-0.2, -0.15) is 0 Å². The SMILES string of the molecule is Cc1ccccc1-c1cn(C)cc(-c2cccc(Cl)c2)c1=O. The molecule has 0 N–H and O–H groups in total. The summed E-state index contributed by atoms with van der Waals surface area (Å²) in [5.41, 5.74) is 4.27. The molecule has 3 heteroatoms. The number of benzene rings is 2. The third kappa shape index (κ3) is 2.70. The van der Waals surface area contributed by atoms with Crippen LogP contribution in [0.4, 0.5) is 0 Å². The Hall–Kier alpha value is -2.32. The first-order valence-electron chi connectivity index (χ1n) is 7.08. The Kier molecular flexibility index (Phi) is 3.86. The van der Waals surface area contributed by atoms with Crippen molar-refractivity contribution >= 4 is 11.6 Å². The summed E-state index contributed by atoms with van der Waals surface area (Å²) >= 11 is 6.06. The molecule has 0 spiro atoms. The molecule has 0 atom stereocenters. The lowest BCUT2D eigenvalue weighted by molar-refractivity contribution is 0.904. The Morgan fingerprint density at radius 3 is 2.36 bits per heavy atom. The van der Waals surface area contributed by atoms with E-state index in [4.69, 9.17) is 11.6 Å². The molecule has 0 saturated carbocycles. The number of halogens is 1. The second-order valence-electron chi connectivity index (χ2n) is 5.41. The van der Waals surface area contributed by atoms with E-state index < -0.39 is 0 Å². The highest BCUT2D eigenvalue weighted by atomic mass is 35.5. The summed E-state index contributed by atoms with van der Waals surface area (Å²) in [6.07, 6.45) is 3.72. The van der Waals surface area contributed by atoms with Gasteiger partial charge in [0.1, 0.15) is 0 Å². The quantitative estimate of drug-likeness (QED) is 0.673. The van der Waals surface area contributed by atoms with Crippen LogP contribution in [-0.4, -0.2) is 4.57 Å². The molecule has 2 nitrogen and oxygen atoms in total. The van der Waals surface area contributed by atoms with Gasteiger partial charge in [0.2, 0.25) is 0 Å². The summed E-state index contributed by atoms with van der Waals surface area (Å²) in [7, 11) is 1.93. The number of rotatable bonds is 2. The Morgan fingerprint density at radius 2 is 1.64 bits per heavy atom. The number of hydrogen-bond acceptors (Lipinski definition) is 1. The third-order valence-electron chi connectivity index (χ3n) is 3.73. The molecule has 0 unspecified atom stereocenters. The van der Waals surface area contributed by atoms with E-state index in [1.807, 2.05) is 73.4 Å². The molecule has 0 radical (unpaired) electrons. The third-order valence-corrected chi connectivity index (χ3v) is 3.96. The van der Waals surface area contributed by atoms with E-state index in [1.54, 1.807) is 6.07 Å². The van der Waals surface area contributed by atoms with Crippen LogP contribution >= 0.6 is 11.6 Å². The second-order valence-corrected chi connectivity index (χ2v) is 5.84. The Balaban J connectivity index is 2.27. The molecule has 0 fully saturated rings. The molecule has 3 aromatic rings. The largest absolute Gasteiger partial charge is 0.356 e. The molecule has 1 heterocycles. The van der Waals surface area contributed by atoms with E-state index in [-0.39, 0.29) is 5.43 Å². The van der Waals surface area contributed by atoms with Gasteiger partial charge in [-0.05, 0) is 35.7 Å². The van der Waals surface area contributed by atoms with Gasteiger partial charge in [-0.3, -0.25) is 4.79 Å². The minimum absolute atomic E-state index is 0.0228. The van der Waals surface area contributed by atoms with Crippen LogP contribution in [0.15, 0.2) is 65.7 Å². The average Bonchev–Trinajstić information content (AvgIpc) is 2.50. The second kappa shape index (κ2) is 5.82. The van der Waals surface area contributed by atoms with Crippen molar-refractivity contribution in [3.63, 3.8) is 0 Å². The molecule has 22 heavy (non-hydrogen) atoms. The van der Waals surface area contributed by atoms with Crippen molar-refractivity contribution in [3.8, 4) is 22.3 Å². The minimum Gasteiger partial charge on any atom is -0.356 e. The highest BCUT2D eigenvalue weighted by Gasteiger charge is 2.12. The van der Waals surface area contributed by atoms with Gasteiger partial charge in [-0.15, -0.1) is 0 Å². The molecule has 0 aliphatic heterocycles. The fraction of sp³-hybridized carbons (Fsp3) is 0.105. The van der Waals surface area contributed by atoms with E-state index >= 15 is 0 Å². The molecule has 2 aromatic carbocycles. The zero-order valence-electron chi connectivity index (χ0n) is 12.5. The summed E-state index contributed by atoms with van der Waals surface area (Å²) < 4.78 is 1.92. The van der Waals surface area contributed by atoms with Gasteiger partial charge < -0.3 is 4.57 Å². The molecular weight excluding hydrogens is 294 g/mol. The van der Waals surface area contributed by atoms with Crippen molar-refractivity contribution in [2.45, 2.75) is 6.92 Å². The summed E-state index contributed by atoms with van der Waals surface area (Å²) in [5.74, 6) is 0.